The van der Waals surface area contributed by atoms with Crippen LogP contribution >= 0.6 is 0 Å². The molecule has 2 fully saturated rings. The van der Waals surface area contributed by atoms with Crippen LogP contribution in [0.15, 0.2) is 24.3 Å². The maximum Gasteiger partial charge on any atom is 0.115 e. The van der Waals surface area contributed by atoms with Gasteiger partial charge in [-0.2, -0.15) is 0 Å². The highest BCUT2D eigenvalue weighted by molar-refractivity contribution is 5.27. The molecule has 2 nitrogen and oxygen atoms in total. The number of likely N-dealkylation sites (tertiary alicyclic amines) is 1. The van der Waals surface area contributed by atoms with E-state index in [4.69, 9.17) is 0 Å². The van der Waals surface area contributed by atoms with Gasteiger partial charge in [-0.15, -0.1) is 0 Å². The van der Waals surface area contributed by atoms with Crippen LogP contribution in [0.3, 0.4) is 0 Å². The Morgan fingerprint density at radius 3 is 2.80 bits per heavy atom. The fourth-order valence-electron chi connectivity index (χ4n) is 4.82. The Morgan fingerprint density at radius 2 is 2.05 bits per heavy atom. The van der Waals surface area contributed by atoms with E-state index < -0.39 is 0 Å². The van der Waals surface area contributed by atoms with Crippen LogP contribution in [0.4, 0.5) is 0 Å². The Labute approximate surface area is 122 Å². The number of phenolic OH excluding ortho intramolecular Hbond substituents is 1. The summed E-state index contributed by atoms with van der Waals surface area (Å²) in [6.07, 6.45) is 5.11. The second kappa shape index (κ2) is 4.77. The second-order valence-corrected chi connectivity index (χ2v) is 8.10. The van der Waals surface area contributed by atoms with Gasteiger partial charge in [0, 0.05) is 19.1 Å². The maximum absolute atomic E-state index is 9.55. The number of phenols is 1. The summed E-state index contributed by atoms with van der Waals surface area (Å²) in [6.45, 7) is 9.70. The highest BCUT2D eigenvalue weighted by atomic mass is 16.3. The summed E-state index contributed by atoms with van der Waals surface area (Å²) in [5.74, 6) is 0.385. The fraction of sp³-hybridized carbons (Fsp3) is 0.667. The lowest BCUT2D eigenvalue weighted by atomic mass is 9.65. The van der Waals surface area contributed by atoms with Gasteiger partial charge < -0.3 is 5.11 Å². The molecule has 1 heterocycles. The lowest BCUT2D eigenvalue weighted by Gasteiger charge is -2.40. The molecular weight excluding hydrogens is 246 g/mol. The van der Waals surface area contributed by atoms with E-state index in [9.17, 15) is 5.11 Å². The molecule has 1 aromatic rings. The van der Waals surface area contributed by atoms with Crippen molar-refractivity contribution in [2.24, 2.45) is 10.8 Å². The predicted octanol–water partition coefficient (Wildman–Crippen LogP) is 3.84. The monoisotopic (exact) mass is 273 g/mol. The number of rotatable bonds is 3. The van der Waals surface area contributed by atoms with Gasteiger partial charge in [0.2, 0.25) is 0 Å². The van der Waals surface area contributed by atoms with Crippen molar-refractivity contribution in [3.05, 3.63) is 29.8 Å². The van der Waals surface area contributed by atoms with E-state index in [1.54, 1.807) is 6.07 Å². The highest BCUT2D eigenvalue weighted by Gasteiger charge is 2.49. The molecule has 0 spiro atoms. The van der Waals surface area contributed by atoms with Gasteiger partial charge in [0.25, 0.3) is 0 Å². The summed E-state index contributed by atoms with van der Waals surface area (Å²) in [7, 11) is 0. The zero-order valence-corrected chi connectivity index (χ0v) is 13.0. The van der Waals surface area contributed by atoms with Crippen LogP contribution < -0.4 is 0 Å². The van der Waals surface area contributed by atoms with Gasteiger partial charge in [-0.1, -0.05) is 32.9 Å². The third kappa shape index (κ3) is 2.85. The van der Waals surface area contributed by atoms with E-state index in [2.05, 4.69) is 31.7 Å². The molecule has 3 rings (SSSR count). The van der Waals surface area contributed by atoms with E-state index in [1.165, 1.54) is 31.4 Å². The van der Waals surface area contributed by atoms with Gasteiger partial charge in [-0.25, -0.2) is 0 Å². The molecule has 1 aromatic carbocycles. The van der Waals surface area contributed by atoms with Crippen LogP contribution in [0.1, 0.15) is 45.6 Å². The van der Waals surface area contributed by atoms with Gasteiger partial charge in [0.15, 0.2) is 0 Å². The Bertz CT molecular complexity index is 496. The van der Waals surface area contributed by atoms with E-state index >= 15 is 0 Å². The highest BCUT2D eigenvalue weighted by Crippen LogP contribution is 2.52. The molecule has 20 heavy (non-hydrogen) atoms. The van der Waals surface area contributed by atoms with Crippen LogP contribution in [0.5, 0.6) is 5.75 Å². The van der Waals surface area contributed by atoms with Crippen LogP contribution in [0, 0.1) is 10.8 Å². The van der Waals surface area contributed by atoms with E-state index in [0.717, 1.165) is 19.0 Å². The number of aromatic hydroxyl groups is 1. The standard InChI is InChI=1S/C18H27NO/c1-17(2)10-15-11-18(3,12-17)13-19(15)8-7-14-5-4-6-16(20)9-14/h4-6,9,15,20H,7-8,10-13H2,1-3H3. The fourth-order valence-corrected chi connectivity index (χ4v) is 4.82. The SMILES string of the molecule is CC1(C)CC2CC(C)(CN2CCc2cccc(O)c2)C1. The van der Waals surface area contributed by atoms with Gasteiger partial charge in [-0.3, -0.25) is 4.90 Å². The molecule has 1 saturated heterocycles. The summed E-state index contributed by atoms with van der Waals surface area (Å²) in [5, 5.41) is 9.55. The van der Waals surface area contributed by atoms with Crippen LogP contribution in [-0.2, 0) is 6.42 Å². The van der Waals surface area contributed by atoms with Crippen LogP contribution in [-0.4, -0.2) is 29.1 Å². The van der Waals surface area contributed by atoms with Gasteiger partial charge in [-0.05, 0) is 54.2 Å². The molecule has 2 aliphatic rings. The average Bonchev–Trinajstić information content (AvgIpc) is 2.55. The summed E-state index contributed by atoms with van der Waals surface area (Å²) in [6, 6.07) is 8.47. The lowest BCUT2D eigenvalue weighted by molar-refractivity contribution is 0.127. The van der Waals surface area contributed by atoms with Crippen LogP contribution in [0.2, 0.25) is 0 Å². The molecule has 1 N–H and O–H groups in total. The smallest absolute Gasteiger partial charge is 0.115 e. The number of fused-ring (bicyclic) bond motifs is 2. The quantitative estimate of drug-likeness (QED) is 0.904. The minimum atomic E-state index is 0.385. The van der Waals surface area contributed by atoms with Crippen molar-refractivity contribution >= 4 is 0 Å². The second-order valence-electron chi connectivity index (χ2n) is 8.10. The van der Waals surface area contributed by atoms with Crippen molar-refractivity contribution in [2.45, 2.75) is 52.5 Å². The number of benzene rings is 1. The van der Waals surface area contributed by atoms with Crippen molar-refractivity contribution < 1.29 is 5.11 Å². The molecule has 2 atom stereocenters. The minimum Gasteiger partial charge on any atom is -0.508 e. The van der Waals surface area contributed by atoms with Crippen molar-refractivity contribution in [2.75, 3.05) is 13.1 Å². The maximum atomic E-state index is 9.55. The minimum absolute atomic E-state index is 0.385. The first-order valence-electron chi connectivity index (χ1n) is 7.87. The molecule has 1 aliphatic carbocycles. The molecule has 0 aromatic heterocycles. The van der Waals surface area contributed by atoms with Crippen molar-refractivity contribution in [3.8, 4) is 5.75 Å². The van der Waals surface area contributed by atoms with Crippen LogP contribution in [0.25, 0.3) is 0 Å². The predicted molar refractivity (Wildman–Crippen MR) is 82.9 cm³/mol. The van der Waals surface area contributed by atoms with Crippen molar-refractivity contribution in [1.82, 2.24) is 4.90 Å². The third-order valence-corrected chi connectivity index (χ3v) is 5.12. The topological polar surface area (TPSA) is 23.5 Å². The molecule has 1 saturated carbocycles. The number of hydrogen-bond acceptors (Lipinski definition) is 2. The summed E-state index contributed by atoms with van der Waals surface area (Å²) in [5.41, 5.74) is 2.26. The normalized spacial score (nSPS) is 32.5. The third-order valence-electron chi connectivity index (χ3n) is 5.12. The average molecular weight is 273 g/mol. The van der Waals surface area contributed by atoms with Gasteiger partial charge in [0.05, 0.1) is 0 Å². The Kier molecular flexibility index (Phi) is 3.32. The molecule has 110 valence electrons. The molecule has 0 amide bonds. The lowest BCUT2D eigenvalue weighted by Crippen LogP contribution is -2.35. The first-order chi connectivity index (χ1) is 9.35. The molecule has 2 unspecified atom stereocenters. The van der Waals surface area contributed by atoms with Gasteiger partial charge >= 0.3 is 0 Å². The number of hydrogen-bond donors (Lipinski definition) is 1. The summed E-state index contributed by atoms with van der Waals surface area (Å²) in [4.78, 5) is 2.69. The van der Waals surface area contributed by atoms with Gasteiger partial charge in [0.1, 0.15) is 5.75 Å². The van der Waals surface area contributed by atoms with E-state index in [1.807, 2.05) is 12.1 Å². The zero-order valence-electron chi connectivity index (χ0n) is 13.0. The molecule has 2 bridgehead atoms. The Morgan fingerprint density at radius 1 is 1.25 bits per heavy atom. The summed E-state index contributed by atoms with van der Waals surface area (Å²) >= 11 is 0. The molecule has 2 heteroatoms. The first kappa shape index (κ1) is 13.9. The van der Waals surface area contributed by atoms with Crippen molar-refractivity contribution in [3.63, 3.8) is 0 Å². The van der Waals surface area contributed by atoms with E-state index in [-0.39, 0.29) is 0 Å². The van der Waals surface area contributed by atoms with Crippen molar-refractivity contribution in [1.29, 1.82) is 0 Å². The molecular formula is C18H27NO. The van der Waals surface area contributed by atoms with E-state index in [0.29, 0.717) is 16.6 Å². The number of nitrogens with zero attached hydrogens (tertiary/aromatic N) is 1. The molecule has 1 aliphatic heterocycles. The Hall–Kier alpha value is -1.02. The summed E-state index contributed by atoms with van der Waals surface area (Å²) < 4.78 is 0. The molecule has 0 radical (unpaired) electrons. The Balaban J connectivity index is 1.65. The largest absolute Gasteiger partial charge is 0.508 e. The first-order valence-corrected chi connectivity index (χ1v) is 7.87. The zero-order chi connectivity index (χ0) is 14.4.